The van der Waals surface area contributed by atoms with Crippen LogP contribution < -0.4 is 0 Å². The van der Waals surface area contributed by atoms with Crippen molar-refractivity contribution in [2.75, 3.05) is 6.61 Å². The zero-order chi connectivity index (χ0) is 5.40. The summed E-state index contributed by atoms with van der Waals surface area (Å²) in [6.07, 6.45) is 6.86. The van der Waals surface area contributed by atoms with E-state index in [4.69, 9.17) is 4.74 Å². The standard InChI is InChI=1S/C7H11O/c1-2-7(8-5-1)6-3-4-6/h2,6-7H,1,3-5H2. The van der Waals surface area contributed by atoms with E-state index in [2.05, 4.69) is 6.42 Å². The van der Waals surface area contributed by atoms with Gasteiger partial charge in [0.25, 0.3) is 0 Å². The molecule has 2 rings (SSSR count). The van der Waals surface area contributed by atoms with Crippen molar-refractivity contribution in [1.29, 1.82) is 0 Å². The lowest BCUT2D eigenvalue weighted by Gasteiger charge is -2.03. The van der Waals surface area contributed by atoms with Crippen LogP contribution in [0.15, 0.2) is 0 Å². The van der Waals surface area contributed by atoms with Gasteiger partial charge in [-0.1, -0.05) is 0 Å². The maximum absolute atomic E-state index is 5.42. The van der Waals surface area contributed by atoms with Gasteiger partial charge in [0.15, 0.2) is 0 Å². The molecular weight excluding hydrogens is 100 g/mol. The molecule has 1 heterocycles. The summed E-state index contributed by atoms with van der Waals surface area (Å²) >= 11 is 0. The summed E-state index contributed by atoms with van der Waals surface area (Å²) in [6, 6.07) is 0. The average Bonchev–Trinajstić information content (AvgIpc) is 2.49. The Hall–Kier alpha value is -0.0400. The highest BCUT2D eigenvalue weighted by molar-refractivity contribution is 4.94. The van der Waals surface area contributed by atoms with Crippen LogP contribution in [-0.4, -0.2) is 12.7 Å². The van der Waals surface area contributed by atoms with E-state index in [-0.39, 0.29) is 0 Å². The normalized spacial score (nSPS) is 38.2. The van der Waals surface area contributed by atoms with Gasteiger partial charge >= 0.3 is 0 Å². The molecule has 1 saturated carbocycles. The van der Waals surface area contributed by atoms with E-state index in [1.807, 2.05) is 0 Å². The van der Waals surface area contributed by atoms with Gasteiger partial charge in [0.05, 0.1) is 6.10 Å². The number of hydrogen-bond donors (Lipinski definition) is 0. The van der Waals surface area contributed by atoms with Gasteiger partial charge in [-0.05, 0) is 31.6 Å². The molecule has 2 aliphatic rings. The predicted octanol–water partition coefficient (Wildman–Crippen LogP) is 1.39. The highest BCUT2D eigenvalue weighted by Gasteiger charge is 2.33. The van der Waals surface area contributed by atoms with Crippen molar-refractivity contribution in [2.45, 2.75) is 25.4 Å². The van der Waals surface area contributed by atoms with E-state index >= 15 is 0 Å². The van der Waals surface area contributed by atoms with Gasteiger partial charge in [0.2, 0.25) is 0 Å². The molecule has 1 unspecified atom stereocenters. The third-order valence-corrected chi connectivity index (χ3v) is 1.91. The molecule has 45 valence electrons. The quantitative estimate of drug-likeness (QED) is 0.497. The third kappa shape index (κ3) is 0.752. The summed E-state index contributed by atoms with van der Waals surface area (Å²) in [4.78, 5) is 0. The van der Waals surface area contributed by atoms with Crippen molar-refractivity contribution in [3.8, 4) is 0 Å². The Morgan fingerprint density at radius 2 is 2.25 bits per heavy atom. The van der Waals surface area contributed by atoms with Gasteiger partial charge in [0, 0.05) is 6.61 Å². The SMILES string of the molecule is [CH]1CCOC1C1CC1. The van der Waals surface area contributed by atoms with Gasteiger partial charge in [-0.15, -0.1) is 0 Å². The molecule has 1 nitrogen and oxygen atoms in total. The van der Waals surface area contributed by atoms with E-state index < -0.39 is 0 Å². The van der Waals surface area contributed by atoms with Crippen LogP contribution in [0.3, 0.4) is 0 Å². The fraction of sp³-hybridized carbons (Fsp3) is 0.857. The van der Waals surface area contributed by atoms with Crippen molar-refractivity contribution in [3.63, 3.8) is 0 Å². The van der Waals surface area contributed by atoms with Gasteiger partial charge < -0.3 is 4.74 Å². The summed E-state index contributed by atoms with van der Waals surface area (Å²) in [7, 11) is 0. The second kappa shape index (κ2) is 1.73. The summed E-state index contributed by atoms with van der Waals surface area (Å²) in [5.41, 5.74) is 0. The van der Waals surface area contributed by atoms with Crippen LogP contribution in [0, 0.1) is 12.3 Å². The lowest BCUT2D eigenvalue weighted by atomic mass is 10.2. The zero-order valence-corrected chi connectivity index (χ0v) is 4.97. The molecule has 2 fully saturated rings. The molecule has 0 N–H and O–H groups in total. The first-order valence-electron chi connectivity index (χ1n) is 3.42. The molecule has 0 aromatic carbocycles. The number of hydrogen-bond acceptors (Lipinski definition) is 1. The molecule has 0 amide bonds. The highest BCUT2D eigenvalue weighted by Crippen LogP contribution is 2.37. The zero-order valence-electron chi connectivity index (χ0n) is 4.97. The Morgan fingerprint density at radius 1 is 1.38 bits per heavy atom. The first-order valence-corrected chi connectivity index (χ1v) is 3.42. The maximum Gasteiger partial charge on any atom is 0.0635 e. The second-order valence-electron chi connectivity index (χ2n) is 2.70. The van der Waals surface area contributed by atoms with Crippen molar-refractivity contribution in [2.24, 2.45) is 5.92 Å². The summed E-state index contributed by atoms with van der Waals surface area (Å²) in [5.74, 6) is 0.914. The topological polar surface area (TPSA) is 9.23 Å². The Morgan fingerprint density at radius 3 is 2.75 bits per heavy atom. The third-order valence-electron chi connectivity index (χ3n) is 1.91. The van der Waals surface area contributed by atoms with E-state index in [9.17, 15) is 0 Å². The van der Waals surface area contributed by atoms with E-state index in [0.29, 0.717) is 6.10 Å². The van der Waals surface area contributed by atoms with Crippen LogP contribution in [0.2, 0.25) is 0 Å². The molecule has 0 aromatic heterocycles. The Bertz CT molecular complexity index is 80.4. The summed E-state index contributed by atoms with van der Waals surface area (Å²) < 4.78 is 5.42. The van der Waals surface area contributed by atoms with Crippen molar-refractivity contribution in [1.82, 2.24) is 0 Å². The fourth-order valence-electron chi connectivity index (χ4n) is 1.26. The minimum atomic E-state index is 0.551. The molecule has 1 aliphatic carbocycles. The van der Waals surface area contributed by atoms with Crippen LogP contribution in [-0.2, 0) is 4.74 Å². The Kier molecular flexibility index (Phi) is 1.04. The largest absolute Gasteiger partial charge is 0.378 e. The first-order chi connectivity index (χ1) is 3.97. The van der Waals surface area contributed by atoms with Crippen LogP contribution in [0.1, 0.15) is 19.3 Å². The molecule has 1 heteroatoms. The van der Waals surface area contributed by atoms with Crippen molar-refractivity contribution < 1.29 is 4.74 Å². The highest BCUT2D eigenvalue weighted by atomic mass is 16.5. The molecule has 1 aliphatic heterocycles. The molecule has 1 saturated heterocycles. The van der Waals surface area contributed by atoms with E-state index in [1.54, 1.807) is 0 Å². The van der Waals surface area contributed by atoms with E-state index in [0.717, 1.165) is 12.5 Å². The molecule has 0 bridgehead atoms. The number of ether oxygens (including phenoxy) is 1. The van der Waals surface area contributed by atoms with Crippen LogP contribution in [0.4, 0.5) is 0 Å². The lowest BCUT2D eigenvalue weighted by Crippen LogP contribution is -2.06. The van der Waals surface area contributed by atoms with E-state index in [1.165, 1.54) is 19.3 Å². The molecule has 0 aromatic rings. The Balaban J connectivity index is 1.86. The van der Waals surface area contributed by atoms with Crippen LogP contribution in [0.25, 0.3) is 0 Å². The minimum Gasteiger partial charge on any atom is -0.378 e. The number of rotatable bonds is 1. The monoisotopic (exact) mass is 111 g/mol. The van der Waals surface area contributed by atoms with Gasteiger partial charge in [-0.25, -0.2) is 0 Å². The van der Waals surface area contributed by atoms with Crippen LogP contribution >= 0.6 is 0 Å². The smallest absolute Gasteiger partial charge is 0.0635 e. The molecular formula is C7H11O. The average molecular weight is 111 g/mol. The predicted molar refractivity (Wildman–Crippen MR) is 31.4 cm³/mol. The fourth-order valence-corrected chi connectivity index (χ4v) is 1.26. The first kappa shape index (κ1) is 4.80. The van der Waals surface area contributed by atoms with Gasteiger partial charge in [-0.3, -0.25) is 0 Å². The van der Waals surface area contributed by atoms with Gasteiger partial charge in [0.1, 0.15) is 0 Å². The lowest BCUT2D eigenvalue weighted by molar-refractivity contribution is 0.107. The Labute approximate surface area is 50.0 Å². The summed E-state index contributed by atoms with van der Waals surface area (Å²) in [5, 5.41) is 0. The van der Waals surface area contributed by atoms with Gasteiger partial charge in [-0.2, -0.15) is 0 Å². The van der Waals surface area contributed by atoms with Crippen molar-refractivity contribution >= 4 is 0 Å². The van der Waals surface area contributed by atoms with Crippen molar-refractivity contribution in [3.05, 3.63) is 6.42 Å². The maximum atomic E-state index is 5.42. The molecule has 8 heavy (non-hydrogen) atoms. The molecule has 1 atom stereocenters. The second-order valence-corrected chi connectivity index (χ2v) is 2.70. The molecule has 1 radical (unpaired) electrons. The van der Waals surface area contributed by atoms with Crippen LogP contribution in [0.5, 0.6) is 0 Å². The summed E-state index contributed by atoms with van der Waals surface area (Å²) in [6.45, 7) is 0.973. The molecule has 0 spiro atoms. The minimum absolute atomic E-state index is 0.551.